The molecule has 0 saturated carbocycles. The fraction of sp³-hybridized carbons (Fsp3) is 0.625. The summed E-state index contributed by atoms with van der Waals surface area (Å²) in [5.74, 6) is 0.474. The molecule has 1 aliphatic rings. The molecule has 1 unspecified atom stereocenters. The molecule has 4 heteroatoms. The lowest BCUT2D eigenvalue weighted by atomic mass is 10.1. The molecule has 1 atom stereocenters. The Hall–Kier alpha value is -1.03. The lowest BCUT2D eigenvalue weighted by Crippen LogP contribution is -1.97. The molecule has 1 N–H and O–H groups in total. The number of hydrogen-bond acceptors (Lipinski definition) is 3. The minimum absolute atomic E-state index is 0.474. The van der Waals surface area contributed by atoms with Crippen LogP contribution >= 0.6 is 0 Å². The van der Waals surface area contributed by atoms with Crippen LogP contribution in [0, 0.1) is 0 Å². The van der Waals surface area contributed by atoms with Gasteiger partial charge in [0.25, 0.3) is 6.01 Å². The van der Waals surface area contributed by atoms with Crippen LogP contribution in [-0.4, -0.2) is 30.3 Å². The van der Waals surface area contributed by atoms with Crippen molar-refractivity contribution in [1.82, 2.24) is 9.97 Å². The van der Waals surface area contributed by atoms with E-state index in [4.69, 9.17) is 9.47 Å². The van der Waals surface area contributed by atoms with Crippen LogP contribution in [-0.2, 0) is 4.74 Å². The van der Waals surface area contributed by atoms with Crippen LogP contribution in [0.3, 0.4) is 0 Å². The SMILES string of the molecule is COc1ncc(C2CCOC2)[nH]1. The summed E-state index contributed by atoms with van der Waals surface area (Å²) in [6.07, 6.45) is 2.89. The van der Waals surface area contributed by atoms with Crippen molar-refractivity contribution in [2.24, 2.45) is 0 Å². The van der Waals surface area contributed by atoms with Gasteiger partial charge in [-0.25, -0.2) is 4.98 Å². The van der Waals surface area contributed by atoms with Crippen molar-refractivity contribution >= 4 is 0 Å². The fourth-order valence-electron chi connectivity index (χ4n) is 1.41. The Morgan fingerprint density at radius 3 is 3.25 bits per heavy atom. The minimum atomic E-state index is 0.474. The van der Waals surface area contributed by atoms with Gasteiger partial charge < -0.3 is 14.5 Å². The topological polar surface area (TPSA) is 47.1 Å². The number of hydrogen-bond donors (Lipinski definition) is 1. The van der Waals surface area contributed by atoms with Crippen LogP contribution in [0.15, 0.2) is 6.20 Å². The van der Waals surface area contributed by atoms with E-state index in [-0.39, 0.29) is 0 Å². The van der Waals surface area contributed by atoms with Gasteiger partial charge in [-0.05, 0) is 6.42 Å². The normalized spacial score (nSPS) is 22.9. The van der Waals surface area contributed by atoms with Crippen LogP contribution in [0.1, 0.15) is 18.0 Å². The van der Waals surface area contributed by atoms with Gasteiger partial charge in [-0.1, -0.05) is 0 Å². The van der Waals surface area contributed by atoms with E-state index < -0.39 is 0 Å². The van der Waals surface area contributed by atoms with Gasteiger partial charge in [-0.3, -0.25) is 0 Å². The Labute approximate surface area is 70.9 Å². The average Bonchev–Trinajstić information content (AvgIpc) is 2.75. The Balaban J connectivity index is 2.11. The number of ether oxygens (including phenoxy) is 2. The highest BCUT2D eigenvalue weighted by atomic mass is 16.5. The molecule has 1 fully saturated rings. The quantitative estimate of drug-likeness (QED) is 0.714. The van der Waals surface area contributed by atoms with Crippen molar-refractivity contribution in [2.75, 3.05) is 20.3 Å². The Kier molecular flexibility index (Phi) is 1.99. The molecule has 0 aliphatic carbocycles. The van der Waals surface area contributed by atoms with E-state index in [1.54, 1.807) is 7.11 Å². The molecule has 1 saturated heterocycles. The monoisotopic (exact) mass is 168 g/mol. The molecule has 0 bridgehead atoms. The number of rotatable bonds is 2. The molecular weight excluding hydrogens is 156 g/mol. The van der Waals surface area contributed by atoms with Gasteiger partial charge in [-0.2, -0.15) is 0 Å². The van der Waals surface area contributed by atoms with Gasteiger partial charge in [0.05, 0.1) is 19.9 Å². The molecule has 1 aromatic heterocycles. The highest BCUT2D eigenvalue weighted by Crippen LogP contribution is 2.24. The first-order valence-corrected chi connectivity index (χ1v) is 4.07. The molecule has 2 heterocycles. The van der Waals surface area contributed by atoms with Crippen LogP contribution < -0.4 is 4.74 Å². The first-order valence-electron chi connectivity index (χ1n) is 4.07. The van der Waals surface area contributed by atoms with Crippen molar-refractivity contribution in [3.05, 3.63) is 11.9 Å². The summed E-state index contributed by atoms with van der Waals surface area (Å²) in [6, 6.07) is 0.580. The summed E-state index contributed by atoms with van der Waals surface area (Å²) < 4.78 is 10.2. The number of nitrogens with one attached hydrogen (secondary N) is 1. The second-order valence-electron chi connectivity index (χ2n) is 2.91. The second-order valence-corrected chi connectivity index (χ2v) is 2.91. The molecule has 66 valence electrons. The Morgan fingerprint density at radius 2 is 2.67 bits per heavy atom. The number of imidazole rings is 1. The molecule has 0 amide bonds. The minimum Gasteiger partial charge on any atom is -0.468 e. The smallest absolute Gasteiger partial charge is 0.293 e. The van der Waals surface area contributed by atoms with Gasteiger partial charge in [0.15, 0.2) is 0 Å². The molecule has 1 aliphatic heterocycles. The molecule has 1 aromatic rings. The zero-order chi connectivity index (χ0) is 8.39. The lowest BCUT2D eigenvalue weighted by molar-refractivity contribution is 0.193. The largest absolute Gasteiger partial charge is 0.468 e. The van der Waals surface area contributed by atoms with Crippen LogP contribution in [0.4, 0.5) is 0 Å². The first kappa shape index (κ1) is 7.61. The summed E-state index contributed by atoms with van der Waals surface area (Å²) in [7, 11) is 1.60. The molecule has 0 aromatic carbocycles. The molecule has 12 heavy (non-hydrogen) atoms. The second kappa shape index (κ2) is 3.15. The van der Waals surface area contributed by atoms with Crippen LogP contribution in [0.2, 0.25) is 0 Å². The molecule has 0 spiro atoms. The van der Waals surface area contributed by atoms with E-state index >= 15 is 0 Å². The predicted octanol–water partition coefficient (Wildman–Crippen LogP) is 0.922. The van der Waals surface area contributed by atoms with E-state index in [1.807, 2.05) is 6.20 Å². The number of aromatic amines is 1. The molecule has 4 nitrogen and oxygen atoms in total. The maximum absolute atomic E-state index is 5.27. The fourth-order valence-corrected chi connectivity index (χ4v) is 1.41. The highest BCUT2D eigenvalue weighted by Gasteiger charge is 2.19. The lowest BCUT2D eigenvalue weighted by Gasteiger charge is -2.01. The molecule has 0 radical (unpaired) electrons. The zero-order valence-corrected chi connectivity index (χ0v) is 7.04. The van der Waals surface area contributed by atoms with E-state index in [2.05, 4.69) is 9.97 Å². The third-order valence-corrected chi connectivity index (χ3v) is 2.14. The number of nitrogens with zero attached hydrogens (tertiary/aromatic N) is 1. The maximum atomic E-state index is 5.27. The standard InChI is InChI=1S/C8H12N2O2/c1-11-8-9-4-7(10-8)6-2-3-12-5-6/h4,6H,2-3,5H2,1H3,(H,9,10). The number of H-pyrrole nitrogens is 1. The average molecular weight is 168 g/mol. The van der Waals surface area contributed by atoms with Crippen LogP contribution in [0.25, 0.3) is 0 Å². The third kappa shape index (κ3) is 1.30. The number of methoxy groups -OCH3 is 1. The number of aromatic nitrogens is 2. The van der Waals surface area contributed by atoms with E-state index in [0.717, 1.165) is 25.3 Å². The van der Waals surface area contributed by atoms with Crippen molar-refractivity contribution in [2.45, 2.75) is 12.3 Å². The maximum Gasteiger partial charge on any atom is 0.293 e. The molecular formula is C8H12N2O2. The van der Waals surface area contributed by atoms with Crippen molar-refractivity contribution < 1.29 is 9.47 Å². The van der Waals surface area contributed by atoms with Gasteiger partial charge in [0.1, 0.15) is 0 Å². The Morgan fingerprint density at radius 1 is 1.75 bits per heavy atom. The van der Waals surface area contributed by atoms with E-state index in [9.17, 15) is 0 Å². The summed E-state index contributed by atoms with van der Waals surface area (Å²) in [6.45, 7) is 1.65. The summed E-state index contributed by atoms with van der Waals surface area (Å²) in [5, 5.41) is 0. The summed E-state index contributed by atoms with van der Waals surface area (Å²) >= 11 is 0. The van der Waals surface area contributed by atoms with Crippen molar-refractivity contribution in [3.8, 4) is 6.01 Å². The summed E-state index contributed by atoms with van der Waals surface area (Å²) in [5.41, 5.74) is 1.12. The first-order chi connectivity index (χ1) is 5.90. The van der Waals surface area contributed by atoms with E-state index in [0.29, 0.717) is 11.9 Å². The van der Waals surface area contributed by atoms with Gasteiger partial charge in [0, 0.05) is 18.2 Å². The van der Waals surface area contributed by atoms with E-state index in [1.165, 1.54) is 0 Å². The van der Waals surface area contributed by atoms with Gasteiger partial charge in [0.2, 0.25) is 0 Å². The third-order valence-electron chi connectivity index (χ3n) is 2.14. The van der Waals surface area contributed by atoms with Crippen molar-refractivity contribution in [1.29, 1.82) is 0 Å². The van der Waals surface area contributed by atoms with Crippen molar-refractivity contribution in [3.63, 3.8) is 0 Å². The predicted molar refractivity (Wildman–Crippen MR) is 43.3 cm³/mol. The highest BCUT2D eigenvalue weighted by molar-refractivity contribution is 5.11. The molecule has 2 rings (SSSR count). The summed E-state index contributed by atoms with van der Waals surface area (Å²) in [4.78, 5) is 7.14. The van der Waals surface area contributed by atoms with Crippen LogP contribution in [0.5, 0.6) is 6.01 Å². The zero-order valence-electron chi connectivity index (χ0n) is 7.04. The van der Waals surface area contributed by atoms with Gasteiger partial charge in [-0.15, -0.1) is 0 Å². The Bertz CT molecular complexity index is 253. The van der Waals surface area contributed by atoms with Gasteiger partial charge >= 0.3 is 0 Å².